The fraction of sp³-hybridized carbons (Fsp3) is 0.500. The predicted octanol–water partition coefficient (Wildman–Crippen LogP) is 4.83. The molecule has 1 aromatic rings. The molecule has 2 atom stereocenters. The minimum atomic E-state index is -2.75. The van der Waals surface area contributed by atoms with Crippen LogP contribution in [0.1, 0.15) is 32.3 Å². The van der Waals surface area contributed by atoms with Gasteiger partial charge in [0.25, 0.3) is 0 Å². The lowest BCUT2D eigenvalue weighted by molar-refractivity contribution is 0.0817. The van der Waals surface area contributed by atoms with E-state index in [0.717, 1.165) is 12.0 Å². The average Bonchev–Trinajstić information content (AvgIpc) is 2.43. The molecule has 0 heterocycles. The molecule has 1 unspecified atom stereocenters. The van der Waals surface area contributed by atoms with Gasteiger partial charge in [-0.05, 0) is 18.9 Å². The van der Waals surface area contributed by atoms with Gasteiger partial charge in [0.15, 0.2) is 0 Å². The second-order valence-corrected chi connectivity index (χ2v) is 7.34. The molecule has 0 aliphatic rings. The van der Waals surface area contributed by atoms with Crippen LogP contribution in [-0.2, 0) is 20.4 Å². The van der Waals surface area contributed by atoms with Crippen molar-refractivity contribution in [1.82, 2.24) is 0 Å². The molecular formula is C16H25O3P. The monoisotopic (exact) mass is 296 g/mol. The van der Waals surface area contributed by atoms with Crippen LogP contribution in [0, 0.1) is 0 Å². The van der Waals surface area contributed by atoms with E-state index in [2.05, 4.69) is 13.0 Å². The van der Waals surface area contributed by atoms with Crippen molar-refractivity contribution in [3.05, 3.63) is 48.0 Å². The van der Waals surface area contributed by atoms with Gasteiger partial charge in [-0.25, -0.2) is 0 Å². The van der Waals surface area contributed by atoms with Gasteiger partial charge in [0.05, 0.1) is 13.2 Å². The Morgan fingerprint density at radius 2 is 1.90 bits per heavy atom. The van der Waals surface area contributed by atoms with Gasteiger partial charge >= 0.3 is 0 Å². The Balaban J connectivity index is 2.67. The van der Waals surface area contributed by atoms with Crippen LogP contribution < -0.4 is 0 Å². The van der Waals surface area contributed by atoms with Crippen LogP contribution in [0.3, 0.4) is 0 Å². The molecule has 0 radical (unpaired) electrons. The summed E-state index contributed by atoms with van der Waals surface area (Å²) in [6.07, 6.45) is 5.66. The van der Waals surface area contributed by atoms with E-state index in [9.17, 15) is 4.57 Å². The molecule has 0 fully saturated rings. The van der Waals surface area contributed by atoms with Gasteiger partial charge in [0.1, 0.15) is 5.85 Å². The van der Waals surface area contributed by atoms with Crippen molar-refractivity contribution in [2.24, 2.45) is 0 Å². The molecule has 0 aromatic heterocycles. The van der Waals surface area contributed by atoms with Crippen molar-refractivity contribution in [2.45, 2.75) is 39.1 Å². The summed E-state index contributed by atoms with van der Waals surface area (Å²) in [6, 6.07) is 9.91. The van der Waals surface area contributed by atoms with Crippen LogP contribution in [-0.4, -0.2) is 19.1 Å². The molecule has 4 heteroatoms. The zero-order chi connectivity index (χ0) is 14.8. The first-order chi connectivity index (χ1) is 9.60. The summed E-state index contributed by atoms with van der Waals surface area (Å²) >= 11 is 0. The fourth-order valence-electron chi connectivity index (χ4n) is 1.88. The number of allylic oxidation sites excluding steroid dienone is 1. The highest BCUT2D eigenvalue weighted by Gasteiger charge is 2.28. The molecule has 0 aliphatic heterocycles. The van der Waals surface area contributed by atoms with E-state index in [1.807, 2.05) is 43.3 Å². The summed E-state index contributed by atoms with van der Waals surface area (Å²) in [5.74, 6) is -0.384. The minimum Gasteiger partial charge on any atom is -0.363 e. The number of ether oxygens (including phenoxy) is 1. The van der Waals surface area contributed by atoms with Gasteiger partial charge in [-0.2, -0.15) is 0 Å². The third kappa shape index (κ3) is 6.04. The Bertz CT molecular complexity index is 442. The summed E-state index contributed by atoms with van der Waals surface area (Å²) in [5, 5.41) is 0. The molecular weight excluding hydrogens is 271 g/mol. The Hall–Kier alpha value is -0.890. The molecule has 0 N–H and O–H groups in total. The molecule has 0 bridgehead atoms. The number of benzene rings is 1. The van der Waals surface area contributed by atoms with Gasteiger partial charge in [0.2, 0.25) is 7.37 Å². The van der Waals surface area contributed by atoms with E-state index in [1.54, 1.807) is 6.66 Å². The molecule has 112 valence electrons. The molecule has 1 rings (SSSR count). The SMILES string of the molecule is CC/C=C\CC(OCc1ccccc1)[P@](C)(=O)OCC. The summed E-state index contributed by atoms with van der Waals surface area (Å²) in [5.41, 5.74) is 1.08. The smallest absolute Gasteiger partial charge is 0.228 e. The second kappa shape index (κ2) is 9.12. The summed E-state index contributed by atoms with van der Waals surface area (Å²) in [4.78, 5) is 0. The van der Waals surface area contributed by atoms with E-state index in [1.165, 1.54) is 0 Å². The maximum atomic E-state index is 12.5. The lowest BCUT2D eigenvalue weighted by Gasteiger charge is -2.23. The van der Waals surface area contributed by atoms with Crippen molar-refractivity contribution in [3.8, 4) is 0 Å². The molecule has 20 heavy (non-hydrogen) atoms. The number of hydrogen-bond acceptors (Lipinski definition) is 3. The largest absolute Gasteiger partial charge is 0.363 e. The zero-order valence-electron chi connectivity index (χ0n) is 12.6. The standard InChI is InChI=1S/C16H25O3P/c1-4-6-8-13-16(20(3,17)19-5-2)18-14-15-11-9-7-10-12-15/h6-12,16H,4-5,13-14H2,1-3H3/b8-6-/t16?,20-/m1/s1. The molecule has 0 amide bonds. The first-order valence-corrected chi connectivity index (χ1v) is 9.26. The van der Waals surface area contributed by atoms with E-state index in [-0.39, 0.29) is 5.85 Å². The Morgan fingerprint density at radius 3 is 2.50 bits per heavy atom. The van der Waals surface area contributed by atoms with Crippen LogP contribution in [0.5, 0.6) is 0 Å². The van der Waals surface area contributed by atoms with Gasteiger partial charge in [-0.15, -0.1) is 0 Å². The van der Waals surface area contributed by atoms with Crippen LogP contribution in [0.4, 0.5) is 0 Å². The molecule has 0 aliphatic carbocycles. The quantitative estimate of drug-likeness (QED) is 0.483. The van der Waals surface area contributed by atoms with Crippen LogP contribution in [0.25, 0.3) is 0 Å². The first-order valence-electron chi connectivity index (χ1n) is 7.12. The maximum absolute atomic E-state index is 12.5. The lowest BCUT2D eigenvalue weighted by Crippen LogP contribution is -2.14. The molecule has 0 saturated carbocycles. The average molecular weight is 296 g/mol. The number of rotatable bonds is 9. The predicted molar refractivity (Wildman–Crippen MR) is 84.2 cm³/mol. The van der Waals surface area contributed by atoms with Crippen molar-refractivity contribution in [3.63, 3.8) is 0 Å². The highest BCUT2D eigenvalue weighted by Crippen LogP contribution is 2.50. The van der Waals surface area contributed by atoms with Gasteiger partial charge in [0, 0.05) is 13.1 Å². The van der Waals surface area contributed by atoms with Crippen LogP contribution in [0.2, 0.25) is 0 Å². The van der Waals surface area contributed by atoms with Gasteiger partial charge in [-0.1, -0.05) is 49.4 Å². The highest BCUT2D eigenvalue weighted by atomic mass is 31.2. The molecule has 3 nitrogen and oxygen atoms in total. The molecule has 0 saturated heterocycles. The summed E-state index contributed by atoms with van der Waals surface area (Å²) in [6.45, 7) is 6.48. The Kier molecular flexibility index (Phi) is 7.83. The zero-order valence-corrected chi connectivity index (χ0v) is 13.5. The van der Waals surface area contributed by atoms with Crippen molar-refractivity contribution >= 4 is 7.37 Å². The van der Waals surface area contributed by atoms with Crippen molar-refractivity contribution in [1.29, 1.82) is 0 Å². The third-order valence-corrected chi connectivity index (χ3v) is 5.11. The van der Waals surface area contributed by atoms with Crippen LogP contribution in [0.15, 0.2) is 42.5 Å². The summed E-state index contributed by atoms with van der Waals surface area (Å²) < 4.78 is 23.8. The molecule has 0 spiro atoms. The van der Waals surface area contributed by atoms with Crippen molar-refractivity contribution < 1.29 is 13.8 Å². The van der Waals surface area contributed by atoms with Crippen molar-refractivity contribution in [2.75, 3.05) is 13.3 Å². The molecule has 1 aromatic carbocycles. The highest BCUT2D eigenvalue weighted by molar-refractivity contribution is 7.58. The second-order valence-electron chi connectivity index (χ2n) is 4.69. The minimum absolute atomic E-state index is 0.384. The van der Waals surface area contributed by atoms with Gasteiger partial charge in [-0.3, -0.25) is 4.57 Å². The lowest BCUT2D eigenvalue weighted by atomic mass is 10.2. The normalized spacial score (nSPS) is 16.1. The van der Waals surface area contributed by atoms with E-state index in [0.29, 0.717) is 19.6 Å². The van der Waals surface area contributed by atoms with Crippen LogP contribution >= 0.6 is 7.37 Å². The Labute approximate surface area is 122 Å². The van der Waals surface area contributed by atoms with Gasteiger partial charge < -0.3 is 9.26 Å². The van der Waals surface area contributed by atoms with E-state index in [4.69, 9.17) is 9.26 Å². The fourth-order valence-corrected chi connectivity index (χ4v) is 3.41. The maximum Gasteiger partial charge on any atom is 0.228 e. The topological polar surface area (TPSA) is 35.5 Å². The summed E-state index contributed by atoms with van der Waals surface area (Å²) in [7, 11) is -2.75. The number of hydrogen-bond donors (Lipinski definition) is 0. The first kappa shape index (κ1) is 17.2. The van der Waals surface area contributed by atoms with E-state index >= 15 is 0 Å². The van der Waals surface area contributed by atoms with E-state index < -0.39 is 7.37 Å². The Morgan fingerprint density at radius 1 is 1.20 bits per heavy atom. The third-order valence-electron chi connectivity index (χ3n) is 2.93.